The zero-order valence-corrected chi connectivity index (χ0v) is 22.1. The number of hydrogen-bond donors (Lipinski definition) is 0. The van der Waals surface area contributed by atoms with Crippen molar-refractivity contribution in [3.05, 3.63) is 96.1 Å². The second-order valence-corrected chi connectivity index (χ2v) is 9.45. The van der Waals surface area contributed by atoms with Gasteiger partial charge in [0.25, 0.3) is 0 Å². The number of carbonyl (C=O) groups is 1. The summed E-state index contributed by atoms with van der Waals surface area (Å²) in [5.74, 6) is 2.69. The summed E-state index contributed by atoms with van der Waals surface area (Å²) in [5, 5.41) is 0. The molecule has 1 aliphatic rings. The fourth-order valence-electron chi connectivity index (χ4n) is 4.63. The molecule has 1 amide bonds. The zero-order valence-electron chi connectivity index (χ0n) is 22.1. The second kappa shape index (κ2) is 11.0. The summed E-state index contributed by atoms with van der Waals surface area (Å²) in [7, 11) is 5.20. The summed E-state index contributed by atoms with van der Waals surface area (Å²) in [4.78, 5) is 22.3. The fraction of sp³-hybridized carbons (Fsp3) is 0.267. The maximum Gasteiger partial charge on any atom is 0.244 e. The average Bonchev–Trinajstić information content (AvgIpc) is 3.36. The number of methoxy groups -OCH3 is 2. The summed E-state index contributed by atoms with van der Waals surface area (Å²) >= 11 is 0. The molecular formula is C30H32N4O4. The Morgan fingerprint density at radius 2 is 1.76 bits per heavy atom. The summed E-state index contributed by atoms with van der Waals surface area (Å²) in [6, 6.07) is 20.9. The van der Waals surface area contributed by atoms with Crippen LogP contribution in [0.1, 0.15) is 23.7 Å². The van der Waals surface area contributed by atoms with E-state index in [-0.39, 0.29) is 5.91 Å². The van der Waals surface area contributed by atoms with Gasteiger partial charge in [-0.25, -0.2) is 4.98 Å². The van der Waals surface area contributed by atoms with E-state index in [1.165, 1.54) is 0 Å². The van der Waals surface area contributed by atoms with Crippen LogP contribution in [-0.2, 0) is 24.4 Å². The van der Waals surface area contributed by atoms with Crippen LogP contribution in [-0.4, -0.2) is 47.7 Å². The second-order valence-electron chi connectivity index (χ2n) is 9.45. The summed E-state index contributed by atoms with van der Waals surface area (Å²) in [5.41, 5.74) is 3.73. The number of carbonyl (C=O) groups excluding carboxylic acids is 1. The lowest BCUT2D eigenvalue weighted by Gasteiger charge is -2.31. The third-order valence-corrected chi connectivity index (χ3v) is 6.93. The van der Waals surface area contributed by atoms with E-state index >= 15 is 0 Å². The van der Waals surface area contributed by atoms with Gasteiger partial charge in [-0.05, 0) is 55.9 Å². The first-order chi connectivity index (χ1) is 18.4. The van der Waals surface area contributed by atoms with Gasteiger partial charge in [0.05, 0.1) is 38.8 Å². The highest BCUT2D eigenvalue weighted by atomic mass is 16.5. The number of hydrogen-bond acceptors (Lipinski definition) is 6. The summed E-state index contributed by atoms with van der Waals surface area (Å²) < 4.78 is 19.4. The van der Waals surface area contributed by atoms with Crippen molar-refractivity contribution >= 4 is 11.6 Å². The normalized spacial score (nSPS) is 16.2. The van der Waals surface area contributed by atoms with Gasteiger partial charge in [-0.3, -0.25) is 9.69 Å². The van der Waals surface area contributed by atoms with Gasteiger partial charge >= 0.3 is 0 Å². The maximum atomic E-state index is 14.1. The first kappa shape index (κ1) is 25.4. The Hall–Kier alpha value is -4.30. The largest absolute Gasteiger partial charge is 0.497 e. The van der Waals surface area contributed by atoms with Crippen LogP contribution >= 0.6 is 0 Å². The fourth-order valence-corrected chi connectivity index (χ4v) is 4.63. The first-order valence-corrected chi connectivity index (χ1v) is 12.5. The number of aromatic nitrogens is 2. The van der Waals surface area contributed by atoms with E-state index in [0.717, 1.165) is 28.3 Å². The summed E-state index contributed by atoms with van der Waals surface area (Å²) in [6.45, 7) is 3.48. The number of anilines is 1. The lowest BCUT2D eigenvalue weighted by Crippen LogP contribution is -2.45. The van der Waals surface area contributed by atoms with E-state index in [1.54, 1.807) is 19.1 Å². The molecule has 0 saturated heterocycles. The minimum atomic E-state index is -0.404. The van der Waals surface area contributed by atoms with Crippen molar-refractivity contribution in [1.29, 1.82) is 0 Å². The third kappa shape index (κ3) is 5.35. The highest BCUT2D eigenvalue weighted by molar-refractivity contribution is 5.97. The highest BCUT2D eigenvalue weighted by Gasteiger charge is 2.27. The lowest BCUT2D eigenvalue weighted by molar-refractivity contribution is -0.123. The Labute approximate surface area is 223 Å². The van der Waals surface area contributed by atoms with Crippen LogP contribution < -0.4 is 19.1 Å². The van der Waals surface area contributed by atoms with Gasteiger partial charge in [0.1, 0.15) is 23.0 Å². The number of likely N-dealkylation sites (N-methyl/N-ethyl adjacent to an activating group) is 1. The molecule has 1 aromatic heterocycles. The molecule has 0 fully saturated rings. The molecule has 2 heterocycles. The van der Waals surface area contributed by atoms with E-state index in [0.29, 0.717) is 36.9 Å². The molecule has 4 aromatic rings. The first-order valence-electron chi connectivity index (χ1n) is 12.5. The Morgan fingerprint density at radius 1 is 0.974 bits per heavy atom. The van der Waals surface area contributed by atoms with Crippen LogP contribution in [0.4, 0.5) is 5.69 Å². The number of ether oxygens (including phenoxy) is 3. The molecule has 1 unspecified atom stereocenters. The van der Waals surface area contributed by atoms with Crippen molar-refractivity contribution in [3.8, 4) is 23.0 Å². The van der Waals surface area contributed by atoms with Crippen molar-refractivity contribution in [1.82, 2.24) is 14.5 Å². The molecule has 5 rings (SSSR count). The SMILES string of the molecule is COc1ccc(CN2C(=O)C(C)N(C)Cc3cncn3Cc3cccc(c3)Oc3cccc2c3)c(OC)c1. The van der Waals surface area contributed by atoms with E-state index in [2.05, 4.69) is 15.6 Å². The number of fused-ring (bicyclic) bond motifs is 5. The molecule has 38 heavy (non-hydrogen) atoms. The number of amides is 1. The van der Waals surface area contributed by atoms with Crippen LogP contribution in [0.25, 0.3) is 0 Å². The number of rotatable bonds is 4. The predicted molar refractivity (Wildman–Crippen MR) is 146 cm³/mol. The molecule has 0 spiro atoms. The van der Waals surface area contributed by atoms with Gasteiger partial charge in [0.15, 0.2) is 0 Å². The molecule has 8 heteroatoms. The van der Waals surface area contributed by atoms with Crippen LogP contribution in [0, 0.1) is 0 Å². The van der Waals surface area contributed by atoms with Gasteiger partial charge in [-0.2, -0.15) is 0 Å². The number of nitrogens with zero attached hydrogens (tertiary/aromatic N) is 4. The van der Waals surface area contributed by atoms with Crippen LogP contribution in [0.3, 0.4) is 0 Å². The Kier molecular flexibility index (Phi) is 7.33. The topological polar surface area (TPSA) is 69.1 Å². The lowest BCUT2D eigenvalue weighted by atomic mass is 10.1. The minimum Gasteiger partial charge on any atom is -0.497 e. The molecule has 0 aliphatic carbocycles. The highest BCUT2D eigenvalue weighted by Crippen LogP contribution is 2.31. The predicted octanol–water partition coefficient (Wildman–Crippen LogP) is 5.11. The van der Waals surface area contributed by atoms with Gasteiger partial charge in [0, 0.05) is 42.7 Å². The molecular weight excluding hydrogens is 480 g/mol. The van der Waals surface area contributed by atoms with Crippen molar-refractivity contribution in [2.24, 2.45) is 0 Å². The average molecular weight is 513 g/mol. The quantitative estimate of drug-likeness (QED) is 0.379. The maximum absolute atomic E-state index is 14.1. The Balaban J connectivity index is 1.58. The molecule has 0 saturated carbocycles. The molecule has 0 N–H and O–H groups in total. The van der Waals surface area contributed by atoms with Crippen LogP contribution in [0.2, 0.25) is 0 Å². The van der Waals surface area contributed by atoms with E-state index in [4.69, 9.17) is 14.2 Å². The molecule has 1 aliphatic heterocycles. The number of imidazole rings is 1. The van der Waals surface area contributed by atoms with E-state index in [1.807, 2.05) is 92.1 Å². The van der Waals surface area contributed by atoms with Gasteiger partial charge in [-0.1, -0.05) is 18.2 Å². The molecule has 8 nitrogen and oxygen atoms in total. The van der Waals surface area contributed by atoms with Gasteiger partial charge in [0.2, 0.25) is 5.91 Å². The van der Waals surface area contributed by atoms with Crippen molar-refractivity contribution < 1.29 is 19.0 Å². The molecule has 0 radical (unpaired) electrons. The van der Waals surface area contributed by atoms with E-state index in [9.17, 15) is 4.79 Å². The standard InChI is InChI=1S/C30H32N4O4/c1-21-30(35)34(18-23-11-12-26(36-3)15-29(23)37-4)24-8-6-10-28(14-24)38-27-9-5-7-22(13-27)17-33-20-31-16-25(33)19-32(21)2/h5-16,20-21H,17-19H2,1-4H3. The van der Waals surface area contributed by atoms with Crippen molar-refractivity contribution in [2.45, 2.75) is 32.6 Å². The molecule has 4 bridgehead atoms. The monoisotopic (exact) mass is 512 g/mol. The van der Waals surface area contributed by atoms with Crippen molar-refractivity contribution in [2.75, 3.05) is 26.2 Å². The van der Waals surface area contributed by atoms with Gasteiger partial charge < -0.3 is 23.7 Å². The van der Waals surface area contributed by atoms with Crippen molar-refractivity contribution in [3.63, 3.8) is 0 Å². The Bertz CT molecular complexity index is 1430. The molecule has 1 atom stereocenters. The Morgan fingerprint density at radius 3 is 2.55 bits per heavy atom. The molecule has 3 aromatic carbocycles. The van der Waals surface area contributed by atoms with Crippen LogP contribution in [0.5, 0.6) is 23.0 Å². The molecule has 196 valence electrons. The summed E-state index contributed by atoms with van der Waals surface area (Å²) in [6.07, 6.45) is 3.68. The van der Waals surface area contributed by atoms with E-state index < -0.39 is 6.04 Å². The smallest absolute Gasteiger partial charge is 0.244 e. The third-order valence-electron chi connectivity index (χ3n) is 6.93. The minimum absolute atomic E-state index is 0.0379. The zero-order chi connectivity index (χ0) is 26.6. The van der Waals surface area contributed by atoms with Gasteiger partial charge in [-0.15, -0.1) is 0 Å². The van der Waals surface area contributed by atoms with Crippen LogP contribution in [0.15, 0.2) is 79.3 Å². The number of benzene rings is 3.